The van der Waals surface area contributed by atoms with Crippen LogP contribution in [0, 0.1) is 29.2 Å². The zero-order valence-electron chi connectivity index (χ0n) is 20.9. The topological polar surface area (TPSA) is 27.7 Å². The van der Waals surface area contributed by atoms with Gasteiger partial charge in [0.2, 0.25) is 0 Å². The normalized spacial score (nSPS) is 17.6. The quantitative estimate of drug-likeness (QED) is 0.154. The summed E-state index contributed by atoms with van der Waals surface area (Å²) in [6, 6.07) is 6.71. The Kier molecular flexibility index (Phi) is 8.82. The summed E-state index contributed by atoms with van der Waals surface area (Å²) >= 11 is 0. The van der Waals surface area contributed by atoms with E-state index in [0.29, 0.717) is 36.8 Å². The van der Waals surface area contributed by atoms with Crippen LogP contribution >= 0.6 is 0 Å². The first-order chi connectivity index (χ1) is 19.0. The van der Waals surface area contributed by atoms with E-state index in [9.17, 15) is 35.1 Å². The number of benzene rings is 3. The number of hydrogen-bond acceptors (Lipinski definition) is 3. The van der Waals surface area contributed by atoms with Crippen LogP contribution in [0.25, 0.3) is 11.1 Å². The van der Waals surface area contributed by atoms with Gasteiger partial charge in [0.15, 0.2) is 23.6 Å². The van der Waals surface area contributed by atoms with E-state index in [0.717, 1.165) is 30.7 Å². The molecule has 0 aromatic heterocycles. The number of ether oxygens (including phenoxy) is 3. The van der Waals surface area contributed by atoms with Crippen LogP contribution in [0.15, 0.2) is 73.0 Å². The molecule has 3 aromatic carbocycles. The lowest BCUT2D eigenvalue weighted by atomic mass is 9.94. The van der Waals surface area contributed by atoms with Crippen LogP contribution in [0.5, 0.6) is 11.5 Å². The van der Waals surface area contributed by atoms with Gasteiger partial charge >= 0.3 is 12.2 Å². The summed E-state index contributed by atoms with van der Waals surface area (Å²) in [5, 5.41) is 0. The number of allylic oxidation sites excluding steroid dienone is 1. The maximum Gasteiger partial charge on any atom is 0.429 e. The van der Waals surface area contributed by atoms with E-state index in [-0.39, 0.29) is 17.7 Å². The lowest BCUT2D eigenvalue weighted by molar-refractivity contribution is -0.187. The van der Waals surface area contributed by atoms with Crippen molar-refractivity contribution in [2.24, 2.45) is 5.92 Å². The Morgan fingerprint density at radius 3 is 2.20 bits per heavy atom. The van der Waals surface area contributed by atoms with Gasteiger partial charge in [-0.3, -0.25) is 0 Å². The van der Waals surface area contributed by atoms with Gasteiger partial charge in [-0.25, -0.2) is 17.6 Å². The molecular weight excluding hydrogens is 548 g/mol. The van der Waals surface area contributed by atoms with Gasteiger partial charge in [0.05, 0.1) is 18.3 Å². The van der Waals surface area contributed by atoms with Gasteiger partial charge in [-0.15, -0.1) is 0 Å². The zero-order valence-corrected chi connectivity index (χ0v) is 20.9. The minimum Gasteiger partial charge on any atom is -0.453 e. The van der Waals surface area contributed by atoms with Gasteiger partial charge in [-0.1, -0.05) is 18.2 Å². The van der Waals surface area contributed by atoms with Crippen LogP contribution in [0.4, 0.5) is 35.1 Å². The van der Waals surface area contributed by atoms with Crippen molar-refractivity contribution in [3.05, 3.63) is 107 Å². The average molecular weight is 570 g/mol. The summed E-state index contributed by atoms with van der Waals surface area (Å²) < 4.78 is 126. The molecule has 40 heavy (non-hydrogen) atoms. The highest BCUT2D eigenvalue weighted by atomic mass is 19.3. The van der Waals surface area contributed by atoms with Gasteiger partial charge in [0.1, 0.15) is 17.4 Å². The molecule has 1 heterocycles. The summed E-state index contributed by atoms with van der Waals surface area (Å²) in [5.74, 6) is -6.85. The van der Waals surface area contributed by atoms with E-state index in [1.54, 1.807) is 0 Å². The van der Waals surface area contributed by atoms with Crippen LogP contribution in [0.2, 0.25) is 0 Å². The molecule has 0 radical (unpaired) electrons. The van der Waals surface area contributed by atoms with E-state index >= 15 is 0 Å². The lowest BCUT2D eigenvalue weighted by Gasteiger charge is -2.28. The van der Waals surface area contributed by atoms with Crippen LogP contribution < -0.4 is 9.47 Å². The fourth-order valence-corrected chi connectivity index (χ4v) is 4.35. The number of alkyl halides is 2. The van der Waals surface area contributed by atoms with Gasteiger partial charge < -0.3 is 14.2 Å². The minimum atomic E-state index is -4.20. The van der Waals surface area contributed by atoms with Crippen molar-refractivity contribution in [1.82, 2.24) is 0 Å². The largest absolute Gasteiger partial charge is 0.453 e. The SMILES string of the molecule is C/C=C/C1CCC(c2ccc(C(F)(F)Oc3ccc(-c4cc(F)c(OC=C(F)F)c(F)c4)c(F)c3)c(F)c2)OC1. The van der Waals surface area contributed by atoms with Crippen molar-refractivity contribution < 1.29 is 49.3 Å². The summed E-state index contributed by atoms with van der Waals surface area (Å²) in [6.07, 6.45) is -1.85. The molecule has 3 aromatic rings. The smallest absolute Gasteiger partial charge is 0.429 e. The van der Waals surface area contributed by atoms with Crippen LogP contribution in [0.3, 0.4) is 0 Å². The first-order valence-electron chi connectivity index (χ1n) is 12.1. The van der Waals surface area contributed by atoms with Crippen molar-refractivity contribution in [1.29, 1.82) is 0 Å². The molecule has 4 rings (SSSR count). The molecule has 11 heteroatoms. The Morgan fingerprint density at radius 2 is 1.62 bits per heavy atom. The van der Waals surface area contributed by atoms with Gasteiger partial charge in [0.25, 0.3) is 0 Å². The second-order valence-corrected chi connectivity index (χ2v) is 8.98. The third-order valence-electron chi connectivity index (χ3n) is 6.22. The summed E-state index contributed by atoms with van der Waals surface area (Å²) in [6.45, 7) is 2.32. The highest BCUT2D eigenvalue weighted by molar-refractivity contribution is 5.66. The monoisotopic (exact) mass is 570 g/mol. The molecule has 2 atom stereocenters. The molecule has 2 unspecified atom stereocenters. The molecule has 0 bridgehead atoms. The van der Waals surface area contributed by atoms with Crippen molar-refractivity contribution in [2.75, 3.05) is 6.61 Å². The molecule has 1 aliphatic rings. The second kappa shape index (κ2) is 12.1. The summed E-state index contributed by atoms with van der Waals surface area (Å²) in [4.78, 5) is 0. The maximum absolute atomic E-state index is 14.9. The van der Waals surface area contributed by atoms with Crippen molar-refractivity contribution in [3.63, 3.8) is 0 Å². The first-order valence-corrected chi connectivity index (χ1v) is 12.1. The van der Waals surface area contributed by atoms with E-state index < -0.39 is 64.2 Å². The van der Waals surface area contributed by atoms with Crippen molar-refractivity contribution in [2.45, 2.75) is 32.0 Å². The maximum atomic E-state index is 14.9. The highest BCUT2D eigenvalue weighted by Gasteiger charge is 2.38. The molecule has 3 nitrogen and oxygen atoms in total. The van der Waals surface area contributed by atoms with Gasteiger partial charge in [0, 0.05) is 17.5 Å². The summed E-state index contributed by atoms with van der Waals surface area (Å²) in [7, 11) is 0. The van der Waals surface area contributed by atoms with E-state index in [2.05, 4.69) is 9.47 Å². The second-order valence-electron chi connectivity index (χ2n) is 8.98. The fraction of sp³-hybridized carbons (Fsp3) is 0.241. The van der Waals surface area contributed by atoms with Crippen LogP contribution in [-0.4, -0.2) is 6.61 Å². The molecule has 212 valence electrons. The average Bonchev–Trinajstić information content (AvgIpc) is 2.88. The molecule has 0 aliphatic carbocycles. The highest BCUT2D eigenvalue weighted by Crippen LogP contribution is 2.38. The minimum absolute atomic E-state index is 0.172. The number of halogens is 8. The molecule has 1 saturated heterocycles. The number of rotatable bonds is 8. The van der Waals surface area contributed by atoms with E-state index in [1.807, 2.05) is 19.1 Å². The lowest BCUT2D eigenvalue weighted by Crippen LogP contribution is -2.24. The summed E-state index contributed by atoms with van der Waals surface area (Å²) in [5.41, 5.74) is -1.46. The molecule has 0 N–H and O–H groups in total. The first kappa shape index (κ1) is 29.1. The third kappa shape index (κ3) is 6.64. The Bertz CT molecular complexity index is 1400. The van der Waals surface area contributed by atoms with Crippen LogP contribution in [0.1, 0.15) is 37.0 Å². The fourth-order valence-electron chi connectivity index (χ4n) is 4.35. The Balaban J connectivity index is 1.50. The Hall–Kier alpha value is -3.86. The molecular formula is C29H22F8O3. The van der Waals surface area contributed by atoms with E-state index in [4.69, 9.17) is 4.74 Å². The molecule has 0 amide bonds. The van der Waals surface area contributed by atoms with Gasteiger partial charge in [-0.2, -0.15) is 17.6 Å². The van der Waals surface area contributed by atoms with Crippen LogP contribution in [-0.2, 0) is 10.8 Å². The predicted octanol–water partition coefficient (Wildman–Crippen LogP) is 9.20. The predicted molar refractivity (Wildman–Crippen MR) is 130 cm³/mol. The molecule has 0 spiro atoms. The zero-order chi connectivity index (χ0) is 29.0. The van der Waals surface area contributed by atoms with Crippen molar-refractivity contribution in [3.8, 4) is 22.6 Å². The third-order valence-corrected chi connectivity index (χ3v) is 6.22. The molecule has 0 saturated carbocycles. The number of hydrogen-bond donors (Lipinski definition) is 0. The Labute approximate surface area is 224 Å². The molecule has 1 fully saturated rings. The Morgan fingerprint density at radius 1 is 0.900 bits per heavy atom. The van der Waals surface area contributed by atoms with E-state index in [1.165, 1.54) is 6.07 Å². The standard InChI is InChI=1S/C29H22F8O3/c1-2-3-16-4-9-26(38-14-16)17-5-8-21(23(31)10-17)29(36,37)40-19-6-7-20(22(30)13-19)18-11-24(32)28(25(33)12-18)39-15-27(34)35/h2-3,5-8,10-13,15-16,26H,4,9,14H2,1H3/b3-2+. The molecule has 1 aliphatic heterocycles. The van der Waals surface area contributed by atoms with Gasteiger partial charge in [-0.05, 0) is 67.3 Å². The van der Waals surface area contributed by atoms with Crippen molar-refractivity contribution >= 4 is 0 Å².